The number of ether oxygens (including phenoxy) is 2. The van der Waals surface area contributed by atoms with Crippen molar-refractivity contribution in [3.63, 3.8) is 0 Å². The number of pyridine rings is 1. The van der Waals surface area contributed by atoms with E-state index in [0.29, 0.717) is 36.0 Å². The number of nitriles is 1. The number of fused-ring (bicyclic) bond motifs is 1. The summed E-state index contributed by atoms with van der Waals surface area (Å²) in [5.74, 6) is -0.203. The fourth-order valence-corrected chi connectivity index (χ4v) is 3.21. The van der Waals surface area contributed by atoms with Gasteiger partial charge in [0.15, 0.2) is 0 Å². The fourth-order valence-electron chi connectivity index (χ4n) is 3.09. The lowest BCUT2D eigenvalue weighted by atomic mass is 10.1. The van der Waals surface area contributed by atoms with Gasteiger partial charge in [-0.25, -0.2) is 0 Å². The summed E-state index contributed by atoms with van der Waals surface area (Å²) in [4.78, 5) is 30.3. The van der Waals surface area contributed by atoms with Crippen LogP contribution in [0.4, 0.5) is 0 Å². The maximum absolute atomic E-state index is 13.3. The number of halogens is 1. The first-order valence-corrected chi connectivity index (χ1v) is 10.6. The molecule has 1 aromatic carbocycles. The molecule has 0 unspecified atom stereocenters. The minimum atomic E-state index is -0.601. The third-order valence-corrected chi connectivity index (χ3v) is 5.28. The molecule has 2 heterocycles. The number of carbonyl (C=O) groups is 1. The topological polar surface area (TPSA) is 106 Å². The Bertz CT molecular complexity index is 1320. The van der Waals surface area contributed by atoms with Gasteiger partial charge in [0.2, 0.25) is 5.88 Å². The molecule has 0 radical (unpaired) electrons. The van der Waals surface area contributed by atoms with Crippen molar-refractivity contribution in [2.24, 2.45) is 0 Å². The Morgan fingerprint density at radius 3 is 2.79 bits per heavy atom. The zero-order chi connectivity index (χ0) is 24.0. The molecule has 0 fully saturated rings. The van der Waals surface area contributed by atoms with Gasteiger partial charge in [0.05, 0.1) is 0 Å². The minimum Gasteiger partial charge on any atom is -0.438 e. The molecule has 170 valence electrons. The predicted molar refractivity (Wildman–Crippen MR) is 126 cm³/mol. The lowest BCUT2D eigenvalue weighted by Gasteiger charge is -2.12. The van der Waals surface area contributed by atoms with Gasteiger partial charge >= 0.3 is 0 Å². The van der Waals surface area contributed by atoms with E-state index in [2.05, 4.69) is 10.3 Å². The number of hydrogen-bond acceptors (Lipinski definition) is 6. The van der Waals surface area contributed by atoms with E-state index in [1.807, 2.05) is 26.0 Å². The van der Waals surface area contributed by atoms with Crippen LogP contribution >= 0.6 is 11.6 Å². The summed E-state index contributed by atoms with van der Waals surface area (Å²) >= 11 is 6.10. The van der Waals surface area contributed by atoms with Crippen LogP contribution in [0.3, 0.4) is 0 Å². The molecular weight excluding hydrogens is 444 g/mol. The van der Waals surface area contributed by atoms with Crippen molar-refractivity contribution in [1.82, 2.24) is 14.7 Å². The van der Waals surface area contributed by atoms with E-state index in [0.717, 1.165) is 11.1 Å². The second-order valence-electron chi connectivity index (χ2n) is 7.31. The van der Waals surface area contributed by atoms with Gasteiger partial charge in [-0.05, 0) is 61.7 Å². The van der Waals surface area contributed by atoms with Crippen molar-refractivity contribution in [3.8, 4) is 17.7 Å². The molecule has 3 aromatic rings. The quantitative estimate of drug-likeness (QED) is 0.307. The summed E-state index contributed by atoms with van der Waals surface area (Å²) in [6.45, 7) is 4.44. The Morgan fingerprint density at radius 2 is 2.09 bits per heavy atom. The maximum Gasteiger partial charge on any atom is 0.269 e. The fraction of sp³-hybridized carbons (Fsp3) is 0.250. The lowest BCUT2D eigenvalue weighted by molar-refractivity contribution is -0.117. The number of aromatic nitrogens is 2. The molecule has 8 nitrogen and oxygen atoms in total. The van der Waals surface area contributed by atoms with Gasteiger partial charge in [-0.2, -0.15) is 10.2 Å². The summed E-state index contributed by atoms with van der Waals surface area (Å²) in [5.41, 5.74) is 1.23. The van der Waals surface area contributed by atoms with Crippen LogP contribution < -0.4 is 15.6 Å². The van der Waals surface area contributed by atoms with E-state index >= 15 is 0 Å². The van der Waals surface area contributed by atoms with Gasteiger partial charge in [0.1, 0.15) is 28.6 Å². The second-order valence-corrected chi connectivity index (χ2v) is 7.71. The SMILES string of the molecule is COCCCNC(=O)/C(C#N)=C/c1c(Oc2ccc(Cl)c(C)c2)nc2c(C)cccn2c1=O. The summed E-state index contributed by atoms with van der Waals surface area (Å²) < 4.78 is 12.2. The van der Waals surface area contributed by atoms with Gasteiger partial charge in [-0.1, -0.05) is 17.7 Å². The Kier molecular flexibility index (Phi) is 7.83. The number of nitrogens with one attached hydrogen (secondary N) is 1. The number of aryl methyl sites for hydroxylation is 2. The van der Waals surface area contributed by atoms with Crippen LogP contribution in [0.25, 0.3) is 11.7 Å². The largest absolute Gasteiger partial charge is 0.438 e. The number of amides is 1. The number of benzene rings is 1. The van der Waals surface area contributed by atoms with Crippen LogP contribution in [0.15, 0.2) is 46.9 Å². The first-order valence-electron chi connectivity index (χ1n) is 10.2. The molecule has 3 rings (SSSR count). The molecular formula is C24H23ClN4O4. The smallest absolute Gasteiger partial charge is 0.269 e. The van der Waals surface area contributed by atoms with Crippen LogP contribution in [0, 0.1) is 25.2 Å². The van der Waals surface area contributed by atoms with E-state index in [4.69, 9.17) is 21.1 Å². The average molecular weight is 467 g/mol. The van der Waals surface area contributed by atoms with Crippen molar-refractivity contribution in [2.75, 3.05) is 20.3 Å². The Hall–Kier alpha value is -3.67. The zero-order valence-corrected chi connectivity index (χ0v) is 19.3. The number of rotatable bonds is 8. The monoisotopic (exact) mass is 466 g/mol. The number of carbonyl (C=O) groups excluding carboxylic acids is 1. The summed E-state index contributed by atoms with van der Waals surface area (Å²) in [5, 5.41) is 12.8. The highest BCUT2D eigenvalue weighted by Gasteiger charge is 2.18. The van der Waals surface area contributed by atoms with Gasteiger partial charge < -0.3 is 14.8 Å². The third kappa shape index (κ3) is 5.58. The van der Waals surface area contributed by atoms with Gasteiger partial charge in [-0.3, -0.25) is 14.0 Å². The molecule has 0 saturated heterocycles. The summed E-state index contributed by atoms with van der Waals surface area (Å²) in [7, 11) is 1.56. The number of hydrogen-bond donors (Lipinski definition) is 1. The van der Waals surface area contributed by atoms with Crippen molar-refractivity contribution in [2.45, 2.75) is 20.3 Å². The van der Waals surface area contributed by atoms with Crippen molar-refractivity contribution in [1.29, 1.82) is 5.26 Å². The van der Waals surface area contributed by atoms with E-state index in [1.54, 1.807) is 37.6 Å². The molecule has 0 atom stereocenters. The summed E-state index contributed by atoms with van der Waals surface area (Å²) in [6, 6.07) is 10.4. The van der Waals surface area contributed by atoms with E-state index < -0.39 is 11.5 Å². The van der Waals surface area contributed by atoms with Gasteiger partial charge in [-0.15, -0.1) is 0 Å². The first-order chi connectivity index (χ1) is 15.8. The standard InChI is InChI=1S/C24H23ClN4O4/c1-15-6-4-10-29-21(15)28-23(33-18-7-8-20(25)16(2)12-18)19(24(29)31)13-17(14-26)22(30)27-9-5-11-32-3/h4,6-8,10,12-13H,5,9,11H2,1-3H3,(H,27,30)/b17-13+. The van der Waals surface area contributed by atoms with E-state index in [-0.39, 0.29) is 17.0 Å². The van der Waals surface area contributed by atoms with Crippen LogP contribution in [0.5, 0.6) is 11.6 Å². The Balaban J connectivity index is 2.10. The molecule has 0 aliphatic heterocycles. The van der Waals surface area contributed by atoms with Crippen LogP contribution in [-0.2, 0) is 9.53 Å². The first kappa shape index (κ1) is 24.0. The molecule has 0 bridgehead atoms. The minimum absolute atomic E-state index is 0.0176. The molecule has 2 aromatic heterocycles. The molecule has 0 saturated carbocycles. The van der Waals surface area contributed by atoms with Crippen LogP contribution in [0.2, 0.25) is 5.02 Å². The van der Waals surface area contributed by atoms with Crippen molar-refractivity contribution >= 4 is 29.2 Å². The molecule has 33 heavy (non-hydrogen) atoms. The Labute approximate surface area is 196 Å². The van der Waals surface area contributed by atoms with Crippen molar-refractivity contribution in [3.05, 3.63) is 74.2 Å². The third-order valence-electron chi connectivity index (χ3n) is 4.86. The number of nitrogens with zero attached hydrogens (tertiary/aromatic N) is 3. The molecule has 0 aliphatic rings. The molecule has 1 amide bonds. The summed E-state index contributed by atoms with van der Waals surface area (Å²) in [6.07, 6.45) is 3.36. The highest BCUT2D eigenvalue weighted by Crippen LogP contribution is 2.27. The molecule has 0 spiro atoms. The maximum atomic E-state index is 13.3. The molecule has 0 aliphatic carbocycles. The van der Waals surface area contributed by atoms with E-state index in [1.165, 1.54) is 10.5 Å². The molecule has 9 heteroatoms. The normalized spacial score (nSPS) is 11.3. The zero-order valence-electron chi connectivity index (χ0n) is 18.5. The predicted octanol–water partition coefficient (Wildman–Crippen LogP) is 3.82. The highest BCUT2D eigenvalue weighted by molar-refractivity contribution is 6.31. The van der Waals surface area contributed by atoms with Gasteiger partial charge in [0.25, 0.3) is 11.5 Å². The molecule has 1 N–H and O–H groups in total. The second kappa shape index (κ2) is 10.8. The van der Waals surface area contributed by atoms with Crippen LogP contribution in [-0.4, -0.2) is 35.6 Å². The van der Waals surface area contributed by atoms with E-state index in [9.17, 15) is 14.9 Å². The van der Waals surface area contributed by atoms with Crippen LogP contribution in [0.1, 0.15) is 23.1 Å². The highest BCUT2D eigenvalue weighted by atomic mass is 35.5. The van der Waals surface area contributed by atoms with Crippen molar-refractivity contribution < 1.29 is 14.3 Å². The average Bonchev–Trinajstić information content (AvgIpc) is 2.79. The van der Waals surface area contributed by atoms with Gasteiger partial charge in [0, 0.05) is 31.5 Å². The lowest BCUT2D eigenvalue weighted by Crippen LogP contribution is -2.27. The number of methoxy groups -OCH3 is 1. The Morgan fingerprint density at radius 1 is 1.30 bits per heavy atom.